The largest absolute Gasteiger partial charge is 0.492 e. The molecule has 1 heterocycles. The molecule has 0 aliphatic carbocycles. The van der Waals surface area contributed by atoms with Crippen molar-refractivity contribution in [3.63, 3.8) is 0 Å². The third-order valence-corrected chi connectivity index (χ3v) is 4.69. The van der Waals surface area contributed by atoms with Gasteiger partial charge in [0.2, 0.25) is 5.91 Å². The quantitative estimate of drug-likeness (QED) is 0.816. The van der Waals surface area contributed by atoms with Crippen molar-refractivity contribution < 1.29 is 13.9 Å². The van der Waals surface area contributed by atoms with E-state index in [0.29, 0.717) is 11.6 Å². The Balaban J connectivity index is 1.53. The first-order valence-corrected chi connectivity index (χ1v) is 9.38. The van der Waals surface area contributed by atoms with E-state index in [4.69, 9.17) is 16.3 Å². The molecule has 7 heteroatoms. The van der Waals surface area contributed by atoms with Gasteiger partial charge in [-0.2, -0.15) is 0 Å². The highest BCUT2D eigenvalue weighted by Gasteiger charge is 2.21. The minimum atomic E-state index is -0.534. The SMILES string of the molecule is CCOc1ccccc1N1CCN(CC(=O)Nc2ccc(Cl)cc2F)CC1. The Bertz CT molecular complexity index is 795. The van der Waals surface area contributed by atoms with Crippen LogP contribution in [0.1, 0.15) is 6.92 Å². The number of hydrogen-bond donors (Lipinski definition) is 1. The molecule has 1 N–H and O–H groups in total. The van der Waals surface area contributed by atoms with E-state index in [1.54, 1.807) is 6.07 Å². The van der Waals surface area contributed by atoms with Gasteiger partial charge >= 0.3 is 0 Å². The van der Waals surface area contributed by atoms with E-state index in [0.717, 1.165) is 37.6 Å². The average molecular weight is 392 g/mol. The highest BCUT2D eigenvalue weighted by atomic mass is 35.5. The summed E-state index contributed by atoms with van der Waals surface area (Å²) in [6.07, 6.45) is 0. The van der Waals surface area contributed by atoms with E-state index < -0.39 is 5.82 Å². The molecule has 1 amide bonds. The second-order valence-electron chi connectivity index (χ2n) is 6.34. The van der Waals surface area contributed by atoms with Crippen LogP contribution in [0, 0.1) is 5.82 Å². The normalized spacial score (nSPS) is 14.9. The number of benzene rings is 2. The van der Waals surface area contributed by atoms with Crippen LogP contribution in [0.5, 0.6) is 5.75 Å². The highest BCUT2D eigenvalue weighted by molar-refractivity contribution is 6.30. The fourth-order valence-electron chi connectivity index (χ4n) is 3.13. The van der Waals surface area contributed by atoms with Gasteiger partial charge in [0.15, 0.2) is 0 Å². The van der Waals surface area contributed by atoms with Crippen molar-refractivity contribution in [2.24, 2.45) is 0 Å². The summed E-state index contributed by atoms with van der Waals surface area (Å²) in [4.78, 5) is 16.5. The van der Waals surface area contributed by atoms with E-state index in [1.165, 1.54) is 12.1 Å². The van der Waals surface area contributed by atoms with Crippen molar-refractivity contribution in [3.05, 3.63) is 53.3 Å². The summed E-state index contributed by atoms with van der Waals surface area (Å²) in [5, 5.41) is 2.91. The fourth-order valence-corrected chi connectivity index (χ4v) is 3.29. The number of halogens is 2. The van der Waals surface area contributed by atoms with Crippen molar-refractivity contribution in [1.29, 1.82) is 0 Å². The lowest BCUT2D eigenvalue weighted by molar-refractivity contribution is -0.117. The maximum Gasteiger partial charge on any atom is 0.238 e. The molecule has 5 nitrogen and oxygen atoms in total. The Labute approximate surface area is 163 Å². The molecular formula is C20H23ClFN3O2. The molecule has 0 bridgehead atoms. The number of ether oxygens (including phenoxy) is 1. The fraction of sp³-hybridized carbons (Fsp3) is 0.350. The van der Waals surface area contributed by atoms with E-state index in [-0.39, 0.29) is 18.1 Å². The van der Waals surface area contributed by atoms with Gasteiger partial charge in [-0.15, -0.1) is 0 Å². The lowest BCUT2D eigenvalue weighted by Crippen LogP contribution is -2.48. The van der Waals surface area contributed by atoms with Gasteiger partial charge in [-0.1, -0.05) is 23.7 Å². The molecule has 0 spiro atoms. The molecule has 1 saturated heterocycles. The predicted molar refractivity (Wildman–Crippen MR) is 106 cm³/mol. The summed E-state index contributed by atoms with van der Waals surface area (Å²) >= 11 is 5.73. The summed E-state index contributed by atoms with van der Waals surface area (Å²) in [5.74, 6) is 0.108. The number of hydrogen-bond acceptors (Lipinski definition) is 4. The van der Waals surface area contributed by atoms with Crippen molar-refractivity contribution in [3.8, 4) is 5.75 Å². The minimum absolute atomic E-state index is 0.147. The van der Waals surface area contributed by atoms with Crippen LogP contribution in [-0.4, -0.2) is 50.1 Å². The Morgan fingerprint density at radius 3 is 2.63 bits per heavy atom. The molecule has 3 rings (SSSR count). The third-order valence-electron chi connectivity index (χ3n) is 4.45. The molecule has 27 heavy (non-hydrogen) atoms. The number of rotatable bonds is 6. The van der Waals surface area contributed by atoms with Gasteiger partial charge in [0.25, 0.3) is 0 Å². The van der Waals surface area contributed by atoms with Gasteiger partial charge in [-0.3, -0.25) is 9.69 Å². The zero-order valence-electron chi connectivity index (χ0n) is 15.3. The molecule has 1 aliphatic heterocycles. The number of carbonyl (C=O) groups excluding carboxylic acids is 1. The first-order valence-electron chi connectivity index (χ1n) is 9.01. The summed E-state index contributed by atoms with van der Waals surface area (Å²) in [5.41, 5.74) is 1.22. The number of nitrogens with one attached hydrogen (secondary N) is 1. The molecule has 0 radical (unpaired) electrons. The topological polar surface area (TPSA) is 44.8 Å². The molecule has 1 aliphatic rings. The summed E-state index contributed by atoms with van der Waals surface area (Å²) < 4.78 is 19.5. The molecule has 0 saturated carbocycles. The van der Waals surface area contributed by atoms with Crippen LogP contribution >= 0.6 is 11.6 Å². The summed E-state index contributed by atoms with van der Waals surface area (Å²) in [7, 11) is 0. The molecule has 0 atom stereocenters. The zero-order chi connectivity index (χ0) is 19.2. The number of anilines is 2. The summed E-state index contributed by atoms with van der Waals surface area (Å²) in [6.45, 7) is 5.91. The van der Waals surface area contributed by atoms with Crippen LogP contribution in [-0.2, 0) is 4.79 Å². The number of para-hydroxylation sites is 2. The van der Waals surface area contributed by atoms with Gasteiger partial charge in [0.1, 0.15) is 11.6 Å². The molecule has 144 valence electrons. The molecule has 2 aromatic rings. The number of nitrogens with zero attached hydrogens (tertiary/aromatic N) is 2. The van der Waals surface area contributed by atoms with Crippen molar-refractivity contribution in [1.82, 2.24) is 4.90 Å². The minimum Gasteiger partial charge on any atom is -0.492 e. The van der Waals surface area contributed by atoms with Crippen LogP contribution in [0.3, 0.4) is 0 Å². The molecule has 0 unspecified atom stereocenters. The number of amides is 1. The van der Waals surface area contributed by atoms with E-state index in [2.05, 4.69) is 21.2 Å². The second-order valence-corrected chi connectivity index (χ2v) is 6.77. The second kappa shape index (κ2) is 9.06. The van der Waals surface area contributed by atoms with Crippen molar-refractivity contribution >= 4 is 28.9 Å². The Morgan fingerprint density at radius 2 is 1.93 bits per heavy atom. The number of carbonyl (C=O) groups is 1. The summed E-state index contributed by atoms with van der Waals surface area (Å²) in [6, 6.07) is 12.2. The lowest BCUT2D eigenvalue weighted by Gasteiger charge is -2.36. The van der Waals surface area contributed by atoms with Crippen molar-refractivity contribution in [2.45, 2.75) is 6.92 Å². The van der Waals surface area contributed by atoms with Crippen LogP contribution in [0.15, 0.2) is 42.5 Å². The molecular weight excluding hydrogens is 369 g/mol. The zero-order valence-corrected chi connectivity index (χ0v) is 16.0. The van der Waals surface area contributed by atoms with Crippen LogP contribution in [0.2, 0.25) is 5.02 Å². The van der Waals surface area contributed by atoms with Crippen molar-refractivity contribution in [2.75, 3.05) is 49.5 Å². The van der Waals surface area contributed by atoms with Gasteiger partial charge in [0, 0.05) is 31.2 Å². The molecule has 2 aromatic carbocycles. The van der Waals surface area contributed by atoms with Crippen LogP contribution < -0.4 is 15.0 Å². The van der Waals surface area contributed by atoms with Gasteiger partial charge in [-0.25, -0.2) is 4.39 Å². The maximum atomic E-state index is 13.8. The first kappa shape index (κ1) is 19.5. The third kappa shape index (κ3) is 5.11. The number of piperazine rings is 1. The highest BCUT2D eigenvalue weighted by Crippen LogP contribution is 2.28. The van der Waals surface area contributed by atoms with E-state index >= 15 is 0 Å². The average Bonchev–Trinajstić information content (AvgIpc) is 2.65. The predicted octanol–water partition coefficient (Wildman–Crippen LogP) is 3.64. The monoisotopic (exact) mass is 391 g/mol. The van der Waals surface area contributed by atoms with Gasteiger partial charge < -0.3 is 15.0 Å². The van der Waals surface area contributed by atoms with Crippen LogP contribution in [0.25, 0.3) is 0 Å². The Morgan fingerprint density at radius 1 is 1.19 bits per heavy atom. The van der Waals surface area contributed by atoms with Gasteiger partial charge in [0.05, 0.1) is 24.5 Å². The first-order chi connectivity index (χ1) is 13.1. The lowest BCUT2D eigenvalue weighted by atomic mass is 10.2. The van der Waals surface area contributed by atoms with Gasteiger partial charge in [-0.05, 0) is 37.3 Å². The van der Waals surface area contributed by atoms with E-state index in [9.17, 15) is 9.18 Å². The van der Waals surface area contributed by atoms with Crippen LogP contribution in [0.4, 0.5) is 15.8 Å². The smallest absolute Gasteiger partial charge is 0.238 e. The standard InChI is InChI=1S/C20H23ClFN3O2/c1-2-27-19-6-4-3-5-18(19)25-11-9-24(10-12-25)14-20(26)23-17-8-7-15(21)13-16(17)22/h3-8,13H,2,9-12,14H2,1H3,(H,23,26). The Kier molecular flexibility index (Phi) is 6.53. The van der Waals surface area contributed by atoms with E-state index in [1.807, 2.05) is 25.1 Å². The molecule has 1 fully saturated rings. The Hall–Kier alpha value is -2.31. The maximum absolute atomic E-state index is 13.8. The molecule has 0 aromatic heterocycles.